The highest BCUT2D eigenvalue weighted by molar-refractivity contribution is 5.86. The molecule has 0 aliphatic carbocycles. The molecule has 1 heterocycles. The van der Waals surface area contributed by atoms with Crippen molar-refractivity contribution < 1.29 is 14.6 Å². The Hall–Kier alpha value is -2.60. The lowest BCUT2D eigenvalue weighted by Gasteiger charge is -2.46. The van der Waals surface area contributed by atoms with Gasteiger partial charge in [0, 0.05) is 25.6 Å². The third kappa shape index (κ3) is 5.49. The van der Waals surface area contributed by atoms with Crippen molar-refractivity contribution in [1.29, 1.82) is 0 Å². The van der Waals surface area contributed by atoms with E-state index in [9.17, 15) is 9.90 Å². The molecule has 0 bridgehead atoms. The number of methoxy groups -OCH3 is 1. The SMILES string of the molecule is COc1cccc(C2(O)CCN(C(=O)Cc3ccc4ccccc4c3)CC2CN(C)C)c1.Cl. The first-order valence-electron chi connectivity index (χ1n) is 11.2. The fourth-order valence-corrected chi connectivity index (χ4v) is 4.80. The van der Waals surface area contributed by atoms with Gasteiger partial charge in [0.2, 0.25) is 5.91 Å². The number of amides is 1. The van der Waals surface area contributed by atoms with Crippen LogP contribution in [-0.2, 0) is 16.8 Å². The highest BCUT2D eigenvalue weighted by Crippen LogP contribution is 2.39. The summed E-state index contributed by atoms with van der Waals surface area (Å²) >= 11 is 0. The van der Waals surface area contributed by atoms with Gasteiger partial charge < -0.3 is 19.6 Å². The molecule has 1 amide bonds. The van der Waals surface area contributed by atoms with Gasteiger partial charge in [0.05, 0.1) is 19.1 Å². The maximum absolute atomic E-state index is 13.2. The van der Waals surface area contributed by atoms with Crippen LogP contribution < -0.4 is 4.74 Å². The molecule has 0 saturated carbocycles. The first-order valence-corrected chi connectivity index (χ1v) is 11.2. The van der Waals surface area contributed by atoms with Gasteiger partial charge >= 0.3 is 0 Å². The second-order valence-corrected chi connectivity index (χ2v) is 9.06. The molecule has 4 rings (SSSR count). The number of ether oxygens (including phenoxy) is 1. The molecule has 2 atom stereocenters. The molecule has 3 aromatic rings. The van der Waals surface area contributed by atoms with E-state index in [-0.39, 0.29) is 24.2 Å². The van der Waals surface area contributed by atoms with Crippen LogP contribution in [0.15, 0.2) is 66.7 Å². The Kier molecular flexibility index (Phi) is 8.01. The minimum Gasteiger partial charge on any atom is -0.497 e. The zero-order valence-electron chi connectivity index (χ0n) is 19.5. The normalized spacial score (nSPS) is 20.5. The van der Waals surface area contributed by atoms with Crippen molar-refractivity contribution in [2.75, 3.05) is 40.8 Å². The standard InChI is InChI=1S/C27H32N2O3.ClH/c1-28(2)18-24-19-29(14-13-27(24,31)23-9-6-10-25(17-23)32-3)26(30)16-20-11-12-21-7-4-5-8-22(21)15-20;/h4-12,15,17,24,31H,13-14,16,18-19H2,1-3H3;1H. The second-order valence-electron chi connectivity index (χ2n) is 9.06. The number of hydrogen-bond acceptors (Lipinski definition) is 4. The number of benzene rings is 3. The van der Waals surface area contributed by atoms with E-state index in [1.807, 2.05) is 61.5 Å². The van der Waals surface area contributed by atoms with Crippen LogP contribution in [0.3, 0.4) is 0 Å². The number of carbonyl (C=O) groups is 1. The molecule has 1 aliphatic rings. The van der Waals surface area contributed by atoms with Crippen molar-refractivity contribution in [2.24, 2.45) is 5.92 Å². The number of fused-ring (bicyclic) bond motifs is 1. The molecule has 0 radical (unpaired) electrons. The van der Waals surface area contributed by atoms with Gasteiger partial charge in [-0.05, 0) is 54.5 Å². The number of piperidine rings is 1. The molecule has 2 unspecified atom stereocenters. The smallest absolute Gasteiger partial charge is 0.227 e. The lowest BCUT2D eigenvalue weighted by Crippen LogP contribution is -2.54. The number of nitrogens with zero attached hydrogens (tertiary/aromatic N) is 2. The van der Waals surface area contributed by atoms with Gasteiger partial charge in [0.1, 0.15) is 5.75 Å². The molecule has 1 aliphatic heterocycles. The maximum atomic E-state index is 13.2. The average molecular weight is 469 g/mol. The molecule has 6 heteroatoms. The van der Waals surface area contributed by atoms with Gasteiger partial charge in [0.15, 0.2) is 0 Å². The summed E-state index contributed by atoms with van der Waals surface area (Å²) in [5.41, 5.74) is 0.871. The Morgan fingerprint density at radius 3 is 2.58 bits per heavy atom. The van der Waals surface area contributed by atoms with Crippen LogP contribution >= 0.6 is 12.4 Å². The minimum absolute atomic E-state index is 0. The first-order chi connectivity index (χ1) is 15.4. The van der Waals surface area contributed by atoms with E-state index >= 15 is 0 Å². The minimum atomic E-state index is -1.00. The number of hydrogen-bond donors (Lipinski definition) is 1. The van der Waals surface area contributed by atoms with Crippen LogP contribution in [0.25, 0.3) is 10.8 Å². The van der Waals surface area contributed by atoms with Crippen LogP contribution in [0.2, 0.25) is 0 Å². The van der Waals surface area contributed by atoms with E-state index < -0.39 is 5.60 Å². The average Bonchev–Trinajstić information content (AvgIpc) is 2.80. The largest absolute Gasteiger partial charge is 0.497 e. The molecular formula is C27H33ClN2O3. The van der Waals surface area contributed by atoms with Crippen molar-refractivity contribution in [1.82, 2.24) is 9.80 Å². The van der Waals surface area contributed by atoms with Crippen LogP contribution in [-0.4, -0.2) is 61.7 Å². The van der Waals surface area contributed by atoms with Gasteiger partial charge in [-0.1, -0.05) is 54.6 Å². The molecule has 1 N–H and O–H groups in total. The third-order valence-electron chi connectivity index (χ3n) is 6.56. The summed E-state index contributed by atoms with van der Waals surface area (Å²) in [6, 6.07) is 22.1. The van der Waals surface area contributed by atoms with Gasteiger partial charge in [0.25, 0.3) is 0 Å². The summed E-state index contributed by atoms with van der Waals surface area (Å²) < 4.78 is 5.38. The predicted octanol–water partition coefficient (Wildman–Crippen LogP) is 4.11. The van der Waals surface area contributed by atoms with E-state index in [1.165, 1.54) is 5.39 Å². The summed E-state index contributed by atoms with van der Waals surface area (Å²) in [5.74, 6) is 0.741. The zero-order valence-corrected chi connectivity index (χ0v) is 20.3. The first kappa shape index (κ1) is 25.0. The zero-order chi connectivity index (χ0) is 22.7. The van der Waals surface area contributed by atoms with Gasteiger partial charge in [-0.25, -0.2) is 0 Å². The predicted molar refractivity (Wildman–Crippen MR) is 135 cm³/mol. The van der Waals surface area contributed by atoms with Crippen molar-refractivity contribution >= 4 is 29.1 Å². The van der Waals surface area contributed by atoms with E-state index in [0.717, 1.165) is 22.3 Å². The molecule has 0 aromatic heterocycles. The van der Waals surface area contributed by atoms with E-state index in [2.05, 4.69) is 29.2 Å². The number of carbonyl (C=O) groups excluding carboxylic acids is 1. The fourth-order valence-electron chi connectivity index (χ4n) is 4.80. The maximum Gasteiger partial charge on any atom is 0.227 e. The van der Waals surface area contributed by atoms with Crippen molar-refractivity contribution in [3.8, 4) is 5.75 Å². The summed E-state index contributed by atoms with van der Waals surface area (Å²) in [4.78, 5) is 17.2. The number of likely N-dealkylation sites (tertiary alicyclic amines) is 1. The summed E-state index contributed by atoms with van der Waals surface area (Å²) in [7, 11) is 5.64. The highest BCUT2D eigenvalue weighted by atomic mass is 35.5. The monoisotopic (exact) mass is 468 g/mol. The molecule has 3 aromatic carbocycles. The van der Waals surface area contributed by atoms with E-state index in [0.29, 0.717) is 32.5 Å². The number of aliphatic hydroxyl groups is 1. The molecule has 33 heavy (non-hydrogen) atoms. The van der Waals surface area contributed by atoms with Crippen LogP contribution in [0.4, 0.5) is 0 Å². The lowest BCUT2D eigenvalue weighted by molar-refractivity contribution is -0.141. The molecule has 1 saturated heterocycles. The molecule has 176 valence electrons. The van der Waals surface area contributed by atoms with E-state index in [4.69, 9.17) is 4.74 Å². The number of halogens is 1. The van der Waals surface area contributed by atoms with Gasteiger partial charge in [-0.3, -0.25) is 4.79 Å². The summed E-state index contributed by atoms with van der Waals surface area (Å²) in [6.07, 6.45) is 0.874. The molecular weight excluding hydrogens is 436 g/mol. The summed E-state index contributed by atoms with van der Waals surface area (Å²) in [5, 5.41) is 14.1. The fraction of sp³-hybridized carbons (Fsp3) is 0.370. The Labute approximate surface area is 202 Å². The Bertz CT molecular complexity index is 1100. The van der Waals surface area contributed by atoms with E-state index in [1.54, 1.807) is 7.11 Å². The highest BCUT2D eigenvalue weighted by Gasteiger charge is 2.44. The second kappa shape index (κ2) is 10.6. The summed E-state index contributed by atoms with van der Waals surface area (Å²) in [6.45, 7) is 1.75. The lowest BCUT2D eigenvalue weighted by atomic mass is 9.75. The van der Waals surface area contributed by atoms with Crippen molar-refractivity contribution in [2.45, 2.75) is 18.4 Å². The van der Waals surface area contributed by atoms with Gasteiger partial charge in [-0.15, -0.1) is 12.4 Å². The van der Waals surface area contributed by atoms with Crippen molar-refractivity contribution in [3.05, 3.63) is 77.9 Å². The number of rotatable bonds is 6. The Balaban J connectivity index is 0.00000306. The Morgan fingerprint density at radius 1 is 1.09 bits per heavy atom. The van der Waals surface area contributed by atoms with Gasteiger partial charge in [-0.2, -0.15) is 0 Å². The van der Waals surface area contributed by atoms with Crippen molar-refractivity contribution in [3.63, 3.8) is 0 Å². The third-order valence-corrected chi connectivity index (χ3v) is 6.56. The topological polar surface area (TPSA) is 53.0 Å². The van der Waals surface area contributed by atoms with Crippen LogP contribution in [0.1, 0.15) is 17.5 Å². The molecule has 5 nitrogen and oxygen atoms in total. The Morgan fingerprint density at radius 2 is 1.85 bits per heavy atom. The van der Waals surface area contributed by atoms with Crippen LogP contribution in [0.5, 0.6) is 5.75 Å². The molecule has 0 spiro atoms. The quantitative estimate of drug-likeness (QED) is 0.591. The molecule has 1 fully saturated rings. The van der Waals surface area contributed by atoms with Crippen LogP contribution in [0, 0.1) is 5.92 Å².